The zero-order valence-electron chi connectivity index (χ0n) is 47.2. The highest BCUT2D eigenvalue weighted by Crippen LogP contribution is 2.38. The molecule has 3 atom stereocenters. The number of phosphoric ester groups is 1. The molecule has 8 nitrogen and oxygen atoms in total. The molecule has 0 aliphatic heterocycles. The van der Waals surface area contributed by atoms with Crippen molar-refractivity contribution in [2.24, 2.45) is 0 Å². The average Bonchev–Trinajstić information content (AvgIpc) is 3.33. The summed E-state index contributed by atoms with van der Waals surface area (Å²) < 4.78 is 23.3. The molecule has 0 aromatic carbocycles. The molecule has 71 heavy (non-hydrogen) atoms. The van der Waals surface area contributed by atoms with Crippen LogP contribution in [0.25, 0.3) is 0 Å². The third kappa shape index (κ3) is 55.5. The van der Waals surface area contributed by atoms with Gasteiger partial charge >= 0.3 is 0 Å². The highest BCUT2D eigenvalue weighted by Gasteiger charge is 2.24. The highest BCUT2D eigenvalue weighted by atomic mass is 31.2. The first-order chi connectivity index (χ1) is 34.5. The number of amides is 1. The van der Waals surface area contributed by atoms with Gasteiger partial charge in [0.25, 0.3) is 7.82 Å². The molecule has 1 amide bonds. The van der Waals surface area contributed by atoms with E-state index in [1.165, 1.54) is 161 Å². The second-order valence-electron chi connectivity index (χ2n) is 21.3. The molecule has 0 bridgehead atoms. The van der Waals surface area contributed by atoms with Gasteiger partial charge in [0.2, 0.25) is 5.91 Å². The summed E-state index contributed by atoms with van der Waals surface area (Å²) in [5.74, 6) is -0.166. The number of hydrogen-bond donors (Lipinski definition) is 2. The molecule has 0 spiro atoms. The first-order valence-corrected chi connectivity index (χ1v) is 31.2. The predicted molar refractivity (Wildman–Crippen MR) is 307 cm³/mol. The molecule has 0 aliphatic rings. The summed E-state index contributed by atoms with van der Waals surface area (Å²) in [6.45, 7) is 4.58. The van der Waals surface area contributed by atoms with Crippen LogP contribution in [0.2, 0.25) is 0 Å². The van der Waals surface area contributed by atoms with E-state index >= 15 is 0 Å². The molecule has 0 aliphatic carbocycles. The monoisotopic (exact) mass is 1010 g/mol. The number of carbonyl (C=O) groups is 1. The maximum atomic E-state index is 12.9. The van der Waals surface area contributed by atoms with Gasteiger partial charge in [0.1, 0.15) is 13.2 Å². The number of likely N-dealkylation sites (N-methyl/N-ethyl adjacent to an activating group) is 1. The third-order valence-electron chi connectivity index (χ3n) is 13.2. The van der Waals surface area contributed by atoms with Crippen molar-refractivity contribution in [2.75, 3.05) is 40.9 Å². The van der Waals surface area contributed by atoms with Crippen molar-refractivity contribution < 1.29 is 32.9 Å². The largest absolute Gasteiger partial charge is 0.756 e. The van der Waals surface area contributed by atoms with Crippen molar-refractivity contribution >= 4 is 13.7 Å². The van der Waals surface area contributed by atoms with E-state index in [9.17, 15) is 19.4 Å². The summed E-state index contributed by atoms with van der Waals surface area (Å²) in [6, 6.07) is -0.798. The summed E-state index contributed by atoms with van der Waals surface area (Å²) in [5, 5.41) is 13.9. The van der Waals surface area contributed by atoms with Crippen LogP contribution >= 0.6 is 7.82 Å². The summed E-state index contributed by atoms with van der Waals surface area (Å²) in [5.41, 5.74) is 0. The molecular weight excluding hydrogens is 900 g/mol. The normalized spacial score (nSPS) is 14.4. The fourth-order valence-corrected chi connectivity index (χ4v) is 9.30. The number of carbonyl (C=O) groups excluding carboxylic acids is 1. The number of rotatable bonds is 54. The van der Waals surface area contributed by atoms with Gasteiger partial charge in [-0.1, -0.05) is 267 Å². The van der Waals surface area contributed by atoms with E-state index in [1.54, 1.807) is 0 Å². The van der Waals surface area contributed by atoms with Gasteiger partial charge in [-0.3, -0.25) is 9.36 Å². The van der Waals surface area contributed by atoms with Gasteiger partial charge in [-0.2, -0.15) is 0 Å². The molecule has 0 aromatic heterocycles. The molecule has 2 N–H and O–H groups in total. The quantitative estimate of drug-likeness (QED) is 0.0272. The number of nitrogens with zero attached hydrogens (tertiary/aromatic N) is 1. The second kappa shape index (κ2) is 52.8. The maximum absolute atomic E-state index is 12.9. The number of nitrogens with one attached hydrogen (secondary N) is 1. The Morgan fingerprint density at radius 1 is 0.507 bits per heavy atom. The number of allylic oxidation sites excluding steroid dienone is 12. The van der Waals surface area contributed by atoms with Crippen molar-refractivity contribution in [1.82, 2.24) is 5.32 Å². The van der Waals surface area contributed by atoms with Gasteiger partial charge in [-0.15, -0.1) is 0 Å². The number of unbranched alkanes of at least 4 members (excludes halogenated alkanes) is 29. The fraction of sp³-hybridized carbons (Fsp3) is 0.790. The van der Waals surface area contributed by atoms with Gasteiger partial charge in [0.15, 0.2) is 0 Å². The van der Waals surface area contributed by atoms with Crippen LogP contribution in [-0.2, 0) is 18.4 Å². The Hall–Kier alpha value is -2.06. The van der Waals surface area contributed by atoms with E-state index in [0.717, 1.165) is 77.0 Å². The molecule has 0 rings (SSSR count). The van der Waals surface area contributed by atoms with E-state index in [-0.39, 0.29) is 19.1 Å². The Morgan fingerprint density at radius 2 is 0.859 bits per heavy atom. The first kappa shape index (κ1) is 68.9. The molecule has 0 saturated carbocycles. The van der Waals surface area contributed by atoms with Crippen LogP contribution in [0, 0.1) is 0 Å². The van der Waals surface area contributed by atoms with E-state index in [0.29, 0.717) is 23.9 Å². The zero-order chi connectivity index (χ0) is 52.0. The SMILES string of the molecule is CC/C=C\C/C=C\C/C=C\C/C=C\C/C=C\C/C=C\CCCCCCCCCCCCCCCCCCCCCCCCC(=O)NC(COP(=O)([O-])OCC[N+](C)(C)C)C(O)CCCCCCCCCC. The number of hydrogen-bond acceptors (Lipinski definition) is 6. The number of quaternary nitrogens is 1. The Labute approximate surface area is 440 Å². The van der Waals surface area contributed by atoms with Crippen molar-refractivity contribution in [3.63, 3.8) is 0 Å². The molecule has 0 heterocycles. The van der Waals surface area contributed by atoms with E-state index in [4.69, 9.17) is 9.05 Å². The molecule has 0 fully saturated rings. The highest BCUT2D eigenvalue weighted by molar-refractivity contribution is 7.45. The maximum Gasteiger partial charge on any atom is 0.268 e. The van der Waals surface area contributed by atoms with Gasteiger partial charge in [0, 0.05) is 6.42 Å². The van der Waals surface area contributed by atoms with E-state index in [1.807, 2.05) is 21.1 Å². The third-order valence-corrected chi connectivity index (χ3v) is 14.2. The molecule has 414 valence electrons. The Balaban J connectivity index is 3.78. The first-order valence-electron chi connectivity index (χ1n) is 29.8. The molecule has 3 unspecified atom stereocenters. The van der Waals surface area contributed by atoms with E-state index in [2.05, 4.69) is 92.1 Å². The second-order valence-corrected chi connectivity index (χ2v) is 22.7. The average molecular weight is 1020 g/mol. The van der Waals surface area contributed by atoms with Crippen LogP contribution in [0.5, 0.6) is 0 Å². The van der Waals surface area contributed by atoms with Crippen molar-refractivity contribution in [2.45, 2.75) is 276 Å². The smallest absolute Gasteiger partial charge is 0.268 e. The van der Waals surface area contributed by atoms with E-state index < -0.39 is 20.0 Å². The number of phosphoric acid groups is 1. The lowest BCUT2D eigenvalue weighted by Gasteiger charge is -2.30. The van der Waals surface area contributed by atoms with Crippen molar-refractivity contribution in [3.05, 3.63) is 72.9 Å². The summed E-state index contributed by atoms with van der Waals surface area (Å²) in [4.78, 5) is 25.4. The number of aliphatic hydroxyl groups excluding tert-OH is 1. The standard InChI is InChI=1S/C62H115N2O6P/c1-6-8-10-12-14-16-17-18-19-20-21-22-23-24-25-26-27-28-29-30-31-32-33-34-35-36-37-38-39-40-41-42-43-44-45-46-47-48-50-52-54-56-62(66)63-60(59-70-71(67,68)69-58-57-64(3,4)5)61(65)55-53-51-49-15-13-11-9-7-2/h8,10,14,16,18-19,21-22,24-25,27-28,60-61,65H,6-7,9,11-13,15,17,20,23,26,29-59H2,1-5H3,(H-,63,66,67,68)/b10-8-,16-14-,19-18-,22-21-,25-24-,28-27-. The Bertz CT molecular complexity index is 1380. The van der Waals surface area contributed by atoms with Crippen LogP contribution < -0.4 is 10.2 Å². The predicted octanol–water partition coefficient (Wildman–Crippen LogP) is 17.6. The minimum atomic E-state index is -4.56. The van der Waals surface area contributed by atoms with Crippen molar-refractivity contribution in [3.8, 4) is 0 Å². The van der Waals surface area contributed by atoms with Gasteiger partial charge in [-0.05, 0) is 64.2 Å². The van der Waals surface area contributed by atoms with Gasteiger partial charge in [-0.25, -0.2) is 0 Å². The van der Waals surface area contributed by atoms with Gasteiger partial charge in [0.05, 0.1) is 39.9 Å². The molecule has 0 saturated heterocycles. The fourth-order valence-electron chi connectivity index (χ4n) is 8.57. The summed E-state index contributed by atoms with van der Waals surface area (Å²) in [6.07, 6.45) is 72.7. The molecule has 0 radical (unpaired) electrons. The molecular formula is C62H115N2O6P. The summed E-state index contributed by atoms with van der Waals surface area (Å²) in [7, 11) is 1.31. The van der Waals surface area contributed by atoms with Gasteiger partial charge < -0.3 is 28.8 Å². The lowest BCUT2D eigenvalue weighted by Crippen LogP contribution is -2.46. The lowest BCUT2D eigenvalue weighted by atomic mass is 10.0. The molecule has 9 heteroatoms. The van der Waals surface area contributed by atoms with Crippen LogP contribution in [0.1, 0.15) is 264 Å². The zero-order valence-corrected chi connectivity index (χ0v) is 48.1. The van der Waals surface area contributed by atoms with Crippen molar-refractivity contribution in [1.29, 1.82) is 0 Å². The molecule has 0 aromatic rings. The number of aliphatic hydroxyl groups is 1. The summed E-state index contributed by atoms with van der Waals surface area (Å²) >= 11 is 0. The van der Waals surface area contributed by atoms with Crippen LogP contribution in [-0.4, -0.2) is 68.5 Å². The minimum absolute atomic E-state index is 0.0120. The topological polar surface area (TPSA) is 108 Å². The van der Waals surface area contributed by atoms with Crippen LogP contribution in [0.4, 0.5) is 0 Å². The Morgan fingerprint density at radius 3 is 1.25 bits per heavy atom. The van der Waals surface area contributed by atoms with Crippen LogP contribution in [0.15, 0.2) is 72.9 Å². The van der Waals surface area contributed by atoms with Crippen LogP contribution in [0.3, 0.4) is 0 Å². The lowest BCUT2D eigenvalue weighted by molar-refractivity contribution is -0.870. The Kier molecular flexibility index (Phi) is 51.3. The minimum Gasteiger partial charge on any atom is -0.756 e.